The third-order valence-corrected chi connectivity index (χ3v) is 4.78. The predicted octanol–water partition coefficient (Wildman–Crippen LogP) is 5.87. The number of nitrogens with zero attached hydrogens (tertiary/aromatic N) is 1. The van der Waals surface area contributed by atoms with Gasteiger partial charge in [-0.15, -0.1) is 0 Å². The molecule has 0 aliphatic rings. The van der Waals surface area contributed by atoms with Crippen LogP contribution in [0.25, 0.3) is 0 Å². The fraction of sp³-hybridized carbons (Fsp3) is 0.350. The Hall–Kier alpha value is -1.99. The number of anilines is 2. The molecule has 0 heterocycles. The van der Waals surface area contributed by atoms with Crippen LogP contribution in [-0.4, -0.2) is 24.7 Å². The maximum atomic E-state index is 12.9. The summed E-state index contributed by atoms with van der Waals surface area (Å²) in [5, 5.41) is 5.73. The Morgan fingerprint density at radius 3 is 2.43 bits per heavy atom. The van der Waals surface area contributed by atoms with E-state index < -0.39 is 11.7 Å². The van der Waals surface area contributed by atoms with Crippen LogP contribution in [0.4, 0.5) is 24.5 Å². The Balaban J connectivity index is 1.82. The zero-order chi connectivity index (χ0) is 20.7. The molecule has 0 amide bonds. The minimum Gasteiger partial charge on any atom is -0.372 e. The van der Waals surface area contributed by atoms with Crippen molar-refractivity contribution in [2.24, 2.45) is 0 Å². The Kier molecular flexibility index (Phi) is 7.95. The van der Waals surface area contributed by atoms with Gasteiger partial charge in [-0.2, -0.15) is 13.2 Å². The first-order chi connectivity index (χ1) is 13.2. The zero-order valence-corrected chi connectivity index (χ0v) is 17.3. The SMILES string of the molecule is CCN(CCCNC(=S)Nc1ccc(Cl)c(C(F)(F)F)c1)c1ccc(C)cc1. The van der Waals surface area contributed by atoms with Crippen LogP contribution in [0.5, 0.6) is 0 Å². The van der Waals surface area contributed by atoms with Crippen molar-refractivity contribution >= 4 is 40.3 Å². The van der Waals surface area contributed by atoms with Gasteiger partial charge in [0.25, 0.3) is 0 Å². The lowest BCUT2D eigenvalue weighted by molar-refractivity contribution is -0.137. The second kappa shape index (κ2) is 9.98. The van der Waals surface area contributed by atoms with E-state index in [9.17, 15) is 13.2 Å². The lowest BCUT2D eigenvalue weighted by Gasteiger charge is -2.23. The van der Waals surface area contributed by atoms with E-state index in [1.54, 1.807) is 0 Å². The predicted molar refractivity (Wildman–Crippen MR) is 114 cm³/mol. The molecule has 0 aliphatic heterocycles. The first kappa shape index (κ1) is 22.3. The molecule has 2 aromatic rings. The third-order valence-electron chi connectivity index (χ3n) is 4.20. The molecular weight excluding hydrogens is 407 g/mol. The van der Waals surface area contributed by atoms with Gasteiger partial charge in [-0.25, -0.2) is 0 Å². The highest BCUT2D eigenvalue weighted by atomic mass is 35.5. The second-order valence-corrected chi connectivity index (χ2v) is 7.16. The fourth-order valence-corrected chi connectivity index (χ4v) is 3.14. The number of benzene rings is 2. The van der Waals surface area contributed by atoms with Gasteiger partial charge in [-0.1, -0.05) is 29.3 Å². The van der Waals surface area contributed by atoms with E-state index >= 15 is 0 Å². The Morgan fingerprint density at radius 2 is 1.82 bits per heavy atom. The van der Waals surface area contributed by atoms with Crippen LogP contribution in [0, 0.1) is 6.92 Å². The average Bonchev–Trinajstić information content (AvgIpc) is 2.63. The van der Waals surface area contributed by atoms with Crippen molar-refractivity contribution in [1.29, 1.82) is 0 Å². The van der Waals surface area contributed by atoms with Crippen molar-refractivity contribution in [1.82, 2.24) is 5.32 Å². The van der Waals surface area contributed by atoms with Gasteiger partial charge in [-0.05, 0) is 62.8 Å². The van der Waals surface area contributed by atoms with Crippen LogP contribution >= 0.6 is 23.8 Å². The normalized spacial score (nSPS) is 11.2. The summed E-state index contributed by atoms with van der Waals surface area (Å²) < 4.78 is 38.8. The third kappa shape index (κ3) is 6.56. The van der Waals surface area contributed by atoms with E-state index in [0.29, 0.717) is 6.54 Å². The van der Waals surface area contributed by atoms with Gasteiger partial charge in [0, 0.05) is 31.0 Å². The lowest BCUT2D eigenvalue weighted by atomic mass is 10.2. The summed E-state index contributed by atoms with van der Waals surface area (Å²) in [6, 6.07) is 12.0. The molecule has 0 atom stereocenters. The van der Waals surface area contributed by atoms with Crippen molar-refractivity contribution in [2.75, 3.05) is 29.9 Å². The number of nitrogens with one attached hydrogen (secondary N) is 2. The van der Waals surface area contributed by atoms with Gasteiger partial charge in [0.1, 0.15) is 0 Å². The van der Waals surface area contributed by atoms with Gasteiger partial charge < -0.3 is 15.5 Å². The molecule has 2 N–H and O–H groups in total. The number of thiocarbonyl (C=S) groups is 1. The minimum absolute atomic E-state index is 0.240. The molecule has 152 valence electrons. The number of aryl methyl sites for hydroxylation is 1. The maximum absolute atomic E-state index is 12.9. The average molecular weight is 430 g/mol. The molecule has 0 spiro atoms. The van der Waals surface area contributed by atoms with Gasteiger partial charge in [0.2, 0.25) is 0 Å². The highest BCUT2D eigenvalue weighted by Crippen LogP contribution is 2.36. The van der Waals surface area contributed by atoms with E-state index in [-0.39, 0.29) is 15.8 Å². The summed E-state index contributed by atoms with van der Waals surface area (Å²) >= 11 is 10.8. The fourth-order valence-electron chi connectivity index (χ4n) is 2.69. The topological polar surface area (TPSA) is 27.3 Å². The molecule has 0 fully saturated rings. The lowest BCUT2D eigenvalue weighted by Crippen LogP contribution is -2.32. The summed E-state index contributed by atoms with van der Waals surface area (Å²) in [5.41, 5.74) is 1.73. The highest BCUT2D eigenvalue weighted by molar-refractivity contribution is 7.80. The largest absolute Gasteiger partial charge is 0.417 e. The number of hydrogen-bond donors (Lipinski definition) is 2. The standard InChI is InChI=1S/C20H23ClF3N3S/c1-3-27(16-8-5-14(2)6-9-16)12-4-11-25-19(28)26-15-7-10-18(21)17(13-15)20(22,23)24/h5-10,13H,3-4,11-12H2,1-2H3,(H2,25,26,28). The highest BCUT2D eigenvalue weighted by Gasteiger charge is 2.33. The molecule has 0 radical (unpaired) electrons. The molecule has 0 saturated carbocycles. The van der Waals surface area contributed by atoms with Crippen LogP contribution in [0.15, 0.2) is 42.5 Å². The number of alkyl halides is 3. The van der Waals surface area contributed by atoms with Crippen LogP contribution in [0.1, 0.15) is 24.5 Å². The summed E-state index contributed by atoms with van der Waals surface area (Å²) in [6.45, 7) is 6.48. The van der Waals surface area contributed by atoms with Crippen LogP contribution in [0.2, 0.25) is 5.02 Å². The van der Waals surface area contributed by atoms with Gasteiger partial charge in [0.05, 0.1) is 10.6 Å². The quantitative estimate of drug-likeness (QED) is 0.425. The summed E-state index contributed by atoms with van der Waals surface area (Å²) in [6.07, 6.45) is -3.68. The van der Waals surface area contributed by atoms with Gasteiger partial charge in [-0.3, -0.25) is 0 Å². The molecule has 8 heteroatoms. The number of hydrogen-bond acceptors (Lipinski definition) is 2. The van der Waals surface area contributed by atoms with Gasteiger partial charge >= 0.3 is 6.18 Å². The van der Waals surface area contributed by atoms with Crippen molar-refractivity contribution in [2.45, 2.75) is 26.4 Å². The van der Waals surface area contributed by atoms with Crippen LogP contribution in [0.3, 0.4) is 0 Å². The van der Waals surface area contributed by atoms with Crippen molar-refractivity contribution in [3.05, 3.63) is 58.6 Å². The smallest absolute Gasteiger partial charge is 0.372 e. The summed E-state index contributed by atoms with van der Waals surface area (Å²) in [7, 11) is 0. The van der Waals surface area contributed by atoms with E-state index in [2.05, 4.69) is 53.6 Å². The van der Waals surface area contributed by atoms with E-state index in [1.807, 2.05) is 0 Å². The van der Waals surface area contributed by atoms with Gasteiger partial charge in [0.15, 0.2) is 5.11 Å². The first-order valence-electron chi connectivity index (χ1n) is 8.94. The molecule has 0 aliphatic carbocycles. The number of rotatable bonds is 7. The second-order valence-electron chi connectivity index (χ2n) is 6.34. The Morgan fingerprint density at radius 1 is 1.14 bits per heavy atom. The molecule has 2 aromatic carbocycles. The van der Waals surface area contributed by atoms with E-state index in [1.165, 1.54) is 17.7 Å². The van der Waals surface area contributed by atoms with E-state index in [4.69, 9.17) is 23.8 Å². The molecule has 28 heavy (non-hydrogen) atoms. The monoisotopic (exact) mass is 429 g/mol. The first-order valence-corrected chi connectivity index (χ1v) is 9.72. The molecule has 0 bridgehead atoms. The molecule has 0 aromatic heterocycles. The molecule has 0 unspecified atom stereocenters. The molecule has 3 nitrogen and oxygen atoms in total. The summed E-state index contributed by atoms with van der Waals surface area (Å²) in [4.78, 5) is 2.26. The minimum atomic E-state index is -4.51. The summed E-state index contributed by atoms with van der Waals surface area (Å²) in [5.74, 6) is 0. The van der Waals surface area contributed by atoms with Crippen molar-refractivity contribution < 1.29 is 13.2 Å². The van der Waals surface area contributed by atoms with Crippen molar-refractivity contribution in [3.63, 3.8) is 0 Å². The molecule has 0 saturated heterocycles. The van der Waals surface area contributed by atoms with Crippen LogP contribution < -0.4 is 15.5 Å². The van der Waals surface area contributed by atoms with Crippen LogP contribution in [-0.2, 0) is 6.18 Å². The van der Waals surface area contributed by atoms with E-state index in [0.717, 1.165) is 31.3 Å². The Labute approximate surface area is 173 Å². The van der Waals surface area contributed by atoms with Crippen molar-refractivity contribution in [3.8, 4) is 0 Å². The zero-order valence-electron chi connectivity index (χ0n) is 15.7. The Bertz CT molecular complexity index is 794. The number of halogens is 4. The maximum Gasteiger partial charge on any atom is 0.417 e. The molecule has 2 rings (SSSR count). The molecular formula is C20H23ClF3N3S.